The first-order valence-corrected chi connectivity index (χ1v) is 8.48. The highest BCUT2D eigenvalue weighted by atomic mass is 16.6. The number of rotatable bonds is 4. The molecule has 124 valence electrons. The van der Waals surface area contributed by atoms with Crippen molar-refractivity contribution in [2.75, 3.05) is 0 Å². The molecule has 4 bridgehead atoms. The van der Waals surface area contributed by atoms with Crippen molar-refractivity contribution in [3.05, 3.63) is 21.9 Å². The molecule has 0 aliphatic heterocycles. The lowest BCUT2D eigenvalue weighted by Gasteiger charge is -2.54. The van der Waals surface area contributed by atoms with Crippen molar-refractivity contribution < 1.29 is 9.72 Å². The second-order valence-electron chi connectivity index (χ2n) is 7.58. The maximum atomic E-state index is 12.4. The lowest BCUT2D eigenvalue weighted by atomic mass is 9.54. The molecule has 1 heterocycles. The SMILES string of the molecule is Cc1cc([N+](=O)[O-])nn1CC(=O)NC1C2CC3CC(C2)CC1C3. The maximum Gasteiger partial charge on any atom is 0.390 e. The van der Waals surface area contributed by atoms with Crippen LogP contribution in [0.25, 0.3) is 0 Å². The molecule has 0 saturated heterocycles. The lowest BCUT2D eigenvalue weighted by Crippen LogP contribution is -2.56. The Kier molecular flexibility index (Phi) is 3.39. The van der Waals surface area contributed by atoms with E-state index in [9.17, 15) is 14.9 Å². The van der Waals surface area contributed by atoms with Gasteiger partial charge >= 0.3 is 5.82 Å². The molecule has 0 atom stereocenters. The topological polar surface area (TPSA) is 90.1 Å². The van der Waals surface area contributed by atoms with Gasteiger partial charge in [0.15, 0.2) is 0 Å². The highest BCUT2D eigenvalue weighted by Gasteiger charge is 2.48. The molecule has 0 spiro atoms. The second kappa shape index (κ2) is 5.32. The molecule has 5 rings (SSSR count). The molecule has 1 aromatic heterocycles. The van der Waals surface area contributed by atoms with E-state index < -0.39 is 4.92 Å². The third-order valence-corrected chi connectivity index (χ3v) is 6.00. The molecule has 0 unspecified atom stereocenters. The van der Waals surface area contributed by atoms with Crippen LogP contribution in [0.3, 0.4) is 0 Å². The maximum absolute atomic E-state index is 12.4. The van der Waals surface area contributed by atoms with Gasteiger partial charge in [0.1, 0.15) is 6.54 Å². The largest absolute Gasteiger partial charge is 0.390 e. The van der Waals surface area contributed by atoms with E-state index in [1.165, 1.54) is 42.9 Å². The molecule has 7 heteroatoms. The summed E-state index contributed by atoms with van der Waals surface area (Å²) in [7, 11) is 0. The Bertz CT molecular complexity index is 626. The quantitative estimate of drug-likeness (QED) is 0.679. The fraction of sp³-hybridized carbons (Fsp3) is 0.750. The zero-order chi connectivity index (χ0) is 16.1. The smallest absolute Gasteiger partial charge is 0.358 e. The van der Waals surface area contributed by atoms with Crippen molar-refractivity contribution in [1.29, 1.82) is 0 Å². The van der Waals surface area contributed by atoms with Crippen LogP contribution >= 0.6 is 0 Å². The minimum absolute atomic E-state index is 0.0580. The average molecular weight is 318 g/mol. The van der Waals surface area contributed by atoms with Gasteiger partial charge in [-0.05, 0) is 67.6 Å². The number of carbonyl (C=O) groups excluding carboxylic acids is 1. The van der Waals surface area contributed by atoms with Crippen molar-refractivity contribution in [3.63, 3.8) is 0 Å². The molecule has 7 nitrogen and oxygen atoms in total. The summed E-state index contributed by atoms with van der Waals surface area (Å²) in [6, 6.07) is 1.69. The van der Waals surface area contributed by atoms with Gasteiger partial charge in [-0.25, -0.2) is 0 Å². The average Bonchev–Trinajstić information content (AvgIpc) is 2.83. The van der Waals surface area contributed by atoms with Gasteiger partial charge < -0.3 is 15.4 Å². The first-order chi connectivity index (χ1) is 11.0. The number of hydrogen-bond donors (Lipinski definition) is 1. The van der Waals surface area contributed by atoms with Gasteiger partial charge in [-0.3, -0.25) is 4.79 Å². The van der Waals surface area contributed by atoms with Gasteiger partial charge in [0.2, 0.25) is 5.91 Å². The molecule has 4 saturated carbocycles. The summed E-state index contributed by atoms with van der Waals surface area (Å²) in [5.41, 5.74) is 0.636. The van der Waals surface area contributed by atoms with Crippen LogP contribution in [0.1, 0.15) is 37.8 Å². The number of nitro groups is 1. The Morgan fingerprint density at radius 3 is 2.43 bits per heavy atom. The molecule has 1 aromatic rings. The first kappa shape index (κ1) is 14.7. The van der Waals surface area contributed by atoms with Crippen LogP contribution in [-0.4, -0.2) is 26.7 Å². The van der Waals surface area contributed by atoms with E-state index in [0.29, 0.717) is 23.6 Å². The van der Waals surface area contributed by atoms with E-state index in [0.717, 1.165) is 11.8 Å². The number of carbonyl (C=O) groups is 1. The Morgan fingerprint density at radius 2 is 1.91 bits per heavy atom. The first-order valence-electron chi connectivity index (χ1n) is 8.48. The lowest BCUT2D eigenvalue weighted by molar-refractivity contribution is -0.389. The van der Waals surface area contributed by atoms with Crippen molar-refractivity contribution in [2.45, 2.75) is 51.6 Å². The molecular formula is C16H22N4O3. The molecule has 4 aliphatic carbocycles. The van der Waals surface area contributed by atoms with Crippen LogP contribution in [-0.2, 0) is 11.3 Å². The van der Waals surface area contributed by atoms with E-state index in [-0.39, 0.29) is 18.3 Å². The monoisotopic (exact) mass is 318 g/mol. The molecule has 4 aliphatic rings. The predicted octanol–water partition coefficient (Wildman–Crippen LogP) is 2.04. The summed E-state index contributed by atoms with van der Waals surface area (Å²) in [5, 5.41) is 17.9. The Morgan fingerprint density at radius 1 is 1.30 bits per heavy atom. The van der Waals surface area contributed by atoms with Crippen LogP contribution in [0, 0.1) is 40.7 Å². The summed E-state index contributed by atoms with van der Waals surface area (Å²) < 4.78 is 1.42. The summed E-state index contributed by atoms with van der Waals surface area (Å²) in [6.07, 6.45) is 6.41. The summed E-state index contributed by atoms with van der Waals surface area (Å²) >= 11 is 0. The van der Waals surface area contributed by atoms with Gasteiger partial charge in [0.25, 0.3) is 0 Å². The van der Waals surface area contributed by atoms with E-state index >= 15 is 0 Å². The van der Waals surface area contributed by atoms with Crippen molar-refractivity contribution >= 4 is 11.7 Å². The fourth-order valence-electron chi connectivity index (χ4n) is 5.27. The molecule has 1 N–H and O–H groups in total. The van der Waals surface area contributed by atoms with Gasteiger partial charge in [-0.15, -0.1) is 0 Å². The van der Waals surface area contributed by atoms with Crippen LogP contribution in [0.2, 0.25) is 0 Å². The van der Waals surface area contributed by atoms with Crippen LogP contribution in [0.4, 0.5) is 5.82 Å². The third-order valence-electron chi connectivity index (χ3n) is 6.00. The Labute approximate surface area is 134 Å². The zero-order valence-corrected chi connectivity index (χ0v) is 13.3. The summed E-state index contributed by atoms with van der Waals surface area (Å²) in [6.45, 7) is 1.79. The molecule has 4 fully saturated rings. The van der Waals surface area contributed by atoms with E-state index in [2.05, 4.69) is 10.4 Å². The van der Waals surface area contributed by atoms with Crippen molar-refractivity contribution in [2.24, 2.45) is 23.7 Å². The van der Waals surface area contributed by atoms with Crippen LogP contribution in [0.5, 0.6) is 0 Å². The standard InChI is InChI=1S/C16H22N4O3/c1-9-2-14(20(22)23)18-19(9)8-15(21)17-16-12-4-10-3-11(6-12)7-13(16)5-10/h2,10-13,16H,3-8H2,1H3,(H,17,21). The molecular weight excluding hydrogens is 296 g/mol. The number of nitrogens with one attached hydrogen (secondary N) is 1. The Hall–Kier alpha value is -1.92. The number of hydrogen-bond acceptors (Lipinski definition) is 4. The van der Waals surface area contributed by atoms with Crippen molar-refractivity contribution in [1.82, 2.24) is 15.1 Å². The van der Waals surface area contributed by atoms with Gasteiger partial charge in [0.05, 0.1) is 16.9 Å². The highest BCUT2D eigenvalue weighted by Crippen LogP contribution is 2.53. The number of amides is 1. The zero-order valence-electron chi connectivity index (χ0n) is 13.3. The van der Waals surface area contributed by atoms with E-state index in [4.69, 9.17) is 0 Å². The molecule has 0 aromatic carbocycles. The molecule has 0 radical (unpaired) electrons. The van der Waals surface area contributed by atoms with Crippen molar-refractivity contribution in [3.8, 4) is 0 Å². The molecule has 1 amide bonds. The normalized spacial score (nSPS) is 34.6. The van der Waals surface area contributed by atoms with Crippen LogP contribution in [0.15, 0.2) is 6.07 Å². The van der Waals surface area contributed by atoms with Crippen LogP contribution < -0.4 is 5.32 Å². The Balaban J connectivity index is 1.41. The summed E-state index contributed by atoms with van der Waals surface area (Å²) in [5.74, 6) is 2.73. The van der Waals surface area contributed by atoms with E-state index in [1.807, 2.05) is 0 Å². The predicted molar refractivity (Wildman–Crippen MR) is 82.6 cm³/mol. The number of nitrogens with zero attached hydrogens (tertiary/aromatic N) is 3. The highest BCUT2D eigenvalue weighted by molar-refractivity contribution is 5.76. The molecule has 23 heavy (non-hydrogen) atoms. The summed E-state index contributed by atoms with van der Waals surface area (Å²) in [4.78, 5) is 22.6. The fourth-order valence-corrected chi connectivity index (χ4v) is 5.27. The third kappa shape index (κ3) is 2.62. The van der Waals surface area contributed by atoms with Gasteiger partial charge in [-0.2, -0.15) is 4.68 Å². The second-order valence-corrected chi connectivity index (χ2v) is 7.58. The van der Waals surface area contributed by atoms with Gasteiger partial charge in [0, 0.05) is 6.04 Å². The number of aryl methyl sites for hydroxylation is 1. The minimum atomic E-state index is -0.529. The minimum Gasteiger partial charge on any atom is -0.358 e. The van der Waals surface area contributed by atoms with E-state index in [1.54, 1.807) is 6.92 Å². The van der Waals surface area contributed by atoms with Gasteiger partial charge in [-0.1, -0.05) is 0 Å². The number of aromatic nitrogens is 2.